The van der Waals surface area contributed by atoms with Crippen LogP contribution in [0.4, 0.5) is 0 Å². The summed E-state index contributed by atoms with van der Waals surface area (Å²) in [7, 11) is 1.55. The number of hydrogen-bond acceptors (Lipinski definition) is 6. The molecule has 0 N–H and O–H groups in total. The maximum absolute atomic E-state index is 11.4. The van der Waals surface area contributed by atoms with E-state index in [9.17, 15) is 8.42 Å². The molecule has 0 amide bonds. The maximum Gasteiger partial charge on any atom is 0.264 e. The van der Waals surface area contributed by atoms with Gasteiger partial charge in [-0.05, 0) is 12.1 Å². The largest absolute Gasteiger partial charge is 0.490 e. The number of benzene rings is 1. The van der Waals surface area contributed by atoms with Gasteiger partial charge in [-0.15, -0.1) is 0 Å². The van der Waals surface area contributed by atoms with Gasteiger partial charge in [0.2, 0.25) is 0 Å². The summed E-state index contributed by atoms with van der Waals surface area (Å²) in [5.41, 5.74) is 0. The summed E-state index contributed by atoms with van der Waals surface area (Å²) in [6, 6.07) is 6.28. The van der Waals surface area contributed by atoms with Gasteiger partial charge in [0.25, 0.3) is 9.05 Å². The minimum atomic E-state index is -3.81. The number of halogens is 1. The van der Waals surface area contributed by atoms with Gasteiger partial charge >= 0.3 is 0 Å². The second-order valence-electron chi connectivity index (χ2n) is 4.80. The first-order valence-electron chi connectivity index (χ1n) is 7.12. The summed E-state index contributed by atoms with van der Waals surface area (Å²) in [5.74, 6) is 0.245. The van der Waals surface area contributed by atoms with Gasteiger partial charge in [0.05, 0.1) is 26.4 Å². The molecule has 1 heterocycles. The van der Waals surface area contributed by atoms with E-state index in [4.69, 9.17) is 24.9 Å². The van der Waals surface area contributed by atoms with Gasteiger partial charge in [-0.2, -0.15) is 0 Å². The van der Waals surface area contributed by atoms with Gasteiger partial charge in [-0.1, -0.05) is 12.1 Å². The van der Waals surface area contributed by atoms with Gasteiger partial charge in [-0.25, -0.2) is 8.42 Å². The SMILES string of the molecule is O=S(=O)(Cl)c1ccccc1OCCOCCN1CCOCC1. The molecule has 1 saturated heterocycles. The van der Waals surface area contributed by atoms with Crippen LogP contribution >= 0.6 is 10.7 Å². The fraction of sp³-hybridized carbons (Fsp3) is 0.571. The third kappa shape index (κ3) is 5.73. The fourth-order valence-electron chi connectivity index (χ4n) is 2.10. The minimum Gasteiger partial charge on any atom is -0.490 e. The molecule has 22 heavy (non-hydrogen) atoms. The molecular formula is C14H20ClNO5S. The first-order valence-corrected chi connectivity index (χ1v) is 9.42. The van der Waals surface area contributed by atoms with E-state index in [0.29, 0.717) is 13.2 Å². The zero-order chi connectivity index (χ0) is 15.8. The average molecular weight is 350 g/mol. The van der Waals surface area contributed by atoms with E-state index < -0.39 is 9.05 Å². The van der Waals surface area contributed by atoms with Crippen LogP contribution in [-0.2, 0) is 18.5 Å². The Morgan fingerprint density at radius 2 is 1.86 bits per heavy atom. The van der Waals surface area contributed by atoms with Crippen molar-refractivity contribution in [3.63, 3.8) is 0 Å². The van der Waals surface area contributed by atoms with Crippen LogP contribution in [0.2, 0.25) is 0 Å². The van der Waals surface area contributed by atoms with Crippen molar-refractivity contribution in [3.05, 3.63) is 24.3 Å². The van der Waals surface area contributed by atoms with E-state index in [2.05, 4.69) is 4.90 Å². The lowest BCUT2D eigenvalue weighted by molar-refractivity contribution is 0.0169. The molecule has 0 bridgehead atoms. The Morgan fingerprint density at radius 3 is 2.59 bits per heavy atom. The second-order valence-corrected chi connectivity index (χ2v) is 7.33. The fourth-order valence-corrected chi connectivity index (χ4v) is 3.09. The van der Waals surface area contributed by atoms with E-state index in [1.54, 1.807) is 18.2 Å². The molecule has 0 radical (unpaired) electrons. The number of ether oxygens (including phenoxy) is 3. The summed E-state index contributed by atoms with van der Waals surface area (Å²) in [6.07, 6.45) is 0. The van der Waals surface area contributed by atoms with Crippen molar-refractivity contribution in [1.29, 1.82) is 0 Å². The molecule has 124 valence electrons. The normalized spacial score (nSPS) is 16.6. The lowest BCUT2D eigenvalue weighted by Gasteiger charge is -2.26. The summed E-state index contributed by atoms with van der Waals surface area (Å²) in [5, 5.41) is 0. The number of rotatable bonds is 8. The highest BCUT2D eigenvalue weighted by Gasteiger charge is 2.16. The Bertz CT molecular complexity index is 560. The van der Waals surface area contributed by atoms with Gasteiger partial charge in [0.1, 0.15) is 17.3 Å². The molecule has 0 unspecified atom stereocenters. The standard InChI is InChI=1S/C14H20ClNO5S/c15-22(17,18)14-4-2-1-3-13(14)21-12-11-20-10-7-16-5-8-19-9-6-16/h1-4H,5-12H2. The van der Waals surface area contributed by atoms with Crippen molar-refractivity contribution >= 4 is 19.7 Å². The van der Waals surface area contributed by atoms with Crippen molar-refractivity contribution in [2.45, 2.75) is 4.90 Å². The Balaban J connectivity index is 1.67. The lowest BCUT2D eigenvalue weighted by Crippen LogP contribution is -2.38. The quantitative estimate of drug-likeness (QED) is 0.521. The van der Waals surface area contributed by atoms with Crippen LogP contribution in [0.1, 0.15) is 0 Å². The van der Waals surface area contributed by atoms with Crippen LogP contribution in [0, 0.1) is 0 Å². The van der Waals surface area contributed by atoms with E-state index in [1.165, 1.54) is 6.07 Å². The van der Waals surface area contributed by atoms with Crippen LogP contribution in [-0.4, -0.2) is 66.0 Å². The minimum absolute atomic E-state index is 0.0232. The van der Waals surface area contributed by atoms with E-state index in [0.717, 1.165) is 32.8 Å². The number of para-hydroxylation sites is 1. The molecule has 0 spiro atoms. The van der Waals surface area contributed by atoms with E-state index in [-0.39, 0.29) is 17.3 Å². The van der Waals surface area contributed by atoms with Crippen LogP contribution in [0.5, 0.6) is 5.75 Å². The predicted molar refractivity (Wildman–Crippen MR) is 83.1 cm³/mol. The monoisotopic (exact) mass is 349 g/mol. The average Bonchev–Trinajstić information content (AvgIpc) is 2.51. The Labute approximate surface area is 135 Å². The zero-order valence-corrected chi connectivity index (χ0v) is 13.8. The maximum atomic E-state index is 11.4. The molecule has 0 aliphatic carbocycles. The van der Waals surface area contributed by atoms with Crippen molar-refractivity contribution in [2.75, 3.05) is 52.7 Å². The van der Waals surface area contributed by atoms with Crippen LogP contribution < -0.4 is 4.74 Å². The topological polar surface area (TPSA) is 65.1 Å². The number of hydrogen-bond donors (Lipinski definition) is 0. The number of nitrogens with zero attached hydrogens (tertiary/aromatic N) is 1. The zero-order valence-electron chi connectivity index (χ0n) is 12.2. The molecule has 1 aliphatic heterocycles. The summed E-state index contributed by atoms with van der Waals surface area (Å²) in [6.45, 7) is 5.53. The Hall–Kier alpha value is -0.860. The molecule has 8 heteroatoms. The molecule has 1 fully saturated rings. The van der Waals surface area contributed by atoms with Crippen molar-refractivity contribution < 1.29 is 22.6 Å². The highest BCUT2D eigenvalue weighted by molar-refractivity contribution is 8.13. The lowest BCUT2D eigenvalue weighted by atomic mass is 10.3. The third-order valence-corrected chi connectivity index (χ3v) is 4.61. The van der Waals surface area contributed by atoms with Crippen LogP contribution in [0.25, 0.3) is 0 Å². The summed E-state index contributed by atoms with van der Waals surface area (Å²) < 4.78 is 39.0. The first kappa shape index (κ1) is 17.5. The molecular weight excluding hydrogens is 330 g/mol. The first-order chi connectivity index (χ1) is 10.6. The van der Waals surface area contributed by atoms with Crippen LogP contribution in [0.15, 0.2) is 29.2 Å². The van der Waals surface area contributed by atoms with E-state index >= 15 is 0 Å². The molecule has 6 nitrogen and oxygen atoms in total. The van der Waals surface area contributed by atoms with Crippen LogP contribution in [0.3, 0.4) is 0 Å². The molecule has 1 aromatic carbocycles. The van der Waals surface area contributed by atoms with Gasteiger partial charge < -0.3 is 14.2 Å². The molecule has 0 atom stereocenters. The van der Waals surface area contributed by atoms with Gasteiger partial charge in [-0.3, -0.25) is 4.90 Å². The molecule has 0 saturated carbocycles. The van der Waals surface area contributed by atoms with Crippen molar-refractivity contribution in [2.24, 2.45) is 0 Å². The van der Waals surface area contributed by atoms with Gasteiger partial charge in [0.15, 0.2) is 0 Å². The molecule has 1 aliphatic rings. The number of morpholine rings is 1. The predicted octanol–water partition coefficient (Wildman–Crippen LogP) is 1.34. The molecule has 2 rings (SSSR count). The van der Waals surface area contributed by atoms with E-state index in [1.807, 2.05) is 0 Å². The highest BCUT2D eigenvalue weighted by atomic mass is 35.7. The summed E-state index contributed by atoms with van der Waals surface area (Å²) in [4.78, 5) is 2.25. The molecule has 1 aromatic rings. The highest BCUT2D eigenvalue weighted by Crippen LogP contribution is 2.26. The molecule has 0 aromatic heterocycles. The smallest absolute Gasteiger partial charge is 0.264 e. The third-order valence-electron chi connectivity index (χ3n) is 3.25. The van der Waals surface area contributed by atoms with Gasteiger partial charge in [0, 0.05) is 30.3 Å². The second kappa shape index (κ2) is 8.69. The Kier molecular flexibility index (Phi) is 6.91. The summed E-state index contributed by atoms with van der Waals surface area (Å²) >= 11 is 0. The van der Waals surface area contributed by atoms with Crippen molar-refractivity contribution in [3.8, 4) is 5.75 Å². The van der Waals surface area contributed by atoms with Crippen molar-refractivity contribution in [1.82, 2.24) is 4.90 Å². The Morgan fingerprint density at radius 1 is 1.14 bits per heavy atom.